The molecule has 195 valence electrons. The van der Waals surface area contributed by atoms with Crippen molar-refractivity contribution in [2.75, 3.05) is 0 Å². The van der Waals surface area contributed by atoms with Gasteiger partial charge in [0.15, 0.2) is 11.6 Å². The van der Waals surface area contributed by atoms with Crippen LogP contribution >= 0.6 is 76.5 Å². The molecule has 1 radical (unpaired) electrons. The number of hydrogen-bond acceptors (Lipinski definition) is 8. The number of rotatable bonds is 0. The quantitative estimate of drug-likeness (QED) is 0.0788. The van der Waals surface area contributed by atoms with E-state index in [1.165, 1.54) is 12.1 Å². The van der Waals surface area contributed by atoms with Gasteiger partial charge >= 0.3 is 24.8 Å². The predicted molar refractivity (Wildman–Crippen MR) is 165 cm³/mol. The van der Waals surface area contributed by atoms with Crippen LogP contribution in [0.25, 0.3) is 22.3 Å². The summed E-state index contributed by atoms with van der Waals surface area (Å²) in [6, 6.07) is 12.8. The summed E-state index contributed by atoms with van der Waals surface area (Å²) >= 11 is 16.2. The molecule has 0 amide bonds. The number of hydrogen-bond donors (Lipinski definition) is 5. The van der Waals surface area contributed by atoms with Crippen molar-refractivity contribution in [2.24, 2.45) is 4.30 Å². The van der Waals surface area contributed by atoms with Crippen LogP contribution in [-0.2, 0) is 0 Å². The number of thiol groups is 1. The first-order chi connectivity index (χ1) is 18.4. The maximum absolute atomic E-state index is 12.5. The van der Waals surface area contributed by atoms with Gasteiger partial charge in [-0.25, -0.2) is 0 Å². The number of nitrogens with zero attached hydrogens (tertiary/aromatic N) is 1. The Morgan fingerprint density at radius 1 is 0.590 bits per heavy atom. The second-order valence-corrected chi connectivity index (χ2v) is 11.6. The number of aromatic hydroxyl groups is 4. The summed E-state index contributed by atoms with van der Waals surface area (Å²) in [4.78, 5) is 24.5. The normalized spacial score (nSPS) is 11.8. The van der Waals surface area contributed by atoms with Gasteiger partial charge in [0.05, 0.1) is 17.9 Å². The third kappa shape index (κ3) is 5.22. The van der Waals surface area contributed by atoms with Crippen molar-refractivity contribution in [1.29, 1.82) is 0 Å². The van der Waals surface area contributed by atoms with Crippen LogP contribution in [0.4, 0.5) is 0 Å². The van der Waals surface area contributed by atoms with Gasteiger partial charge in [-0.3, -0.25) is 9.59 Å². The van der Waals surface area contributed by atoms with Crippen molar-refractivity contribution in [1.82, 2.24) is 0 Å². The zero-order chi connectivity index (χ0) is 28.8. The summed E-state index contributed by atoms with van der Waals surface area (Å²) in [7, 11) is 4.34. The molecule has 6 rings (SSSR count). The van der Waals surface area contributed by atoms with E-state index >= 15 is 0 Å². The third-order valence-corrected chi connectivity index (χ3v) is 8.67. The minimum absolute atomic E-state index is 0.0238. The standard InChI is InChI=1S/C13H4Br4O3.C13H8O3.BHNS/c14-5-1-3-4-2-6(15)12(19)10(17)8(4)13(20)7(3)9(16)11(5)18;14-7-1-3-9-10-4-2-8(15)6-12(10)13(16)11(9)5-7;1-2-3/h1-2,18-19H;1-6,14-15H;3H. The van der Waals surface area contributed by atoms with Crippen molar-refractivity contribution in [3.63, 3.8) is 0 Å². The number of fused-ring (bicyclic) bond motifs is 6. The van der Waals surface area contributed by atoms with Crippen molar-refractivity contribution >= 4 is 95.7 Å². The number of halogens is 4. The summed E-state index contributed by atoms with van der Waals surface area (Å²) in [5.41, 5.74) is 4.75. The van der Waals surface area contributed by atoms with Crippen LogP contribution in [0.1, 0.15) is 31.8 Å². The van der Waals surface area contributed by atoms with E-state index in [0.717, 1.165) is 11.1 Å². The van der Waals surface area contributed by atoms with Crippen LogP contribution in [0.3, 0.4) is 0 Å². The zero-order valence-corrected chi connectivity index (χ0v) is 26.4. The first kappa shape index (κ1) is 29.5. The van der Waals surface area contributed by atoms with Gasteiger partial charge in [0.2, 0.25) is 0 Å². The first-order valence-corrected chi connectivity index (χ1v) is 14.2. The molecule has 0 atom stereocenters. The Balaban J connectivity index is 0.000000168. The van der Waals surface area contributed by atoms with Gasteiger partial charge in [0, 0.05) is 22.3 Å². The molecule has 39 heavy (non-hydrogen) atoms. The topological polar surface area (TPSA) is 127 Å². The Hall–Kier alpha value is -2.45. The van der Waals surface area contributed by atoms with E-state index in [0.29, 0.717) is 51.3 Å². The number of benzene rings is 4. The van der Waals surface area contributed by atoms with Gasteiger partial charge in [0.25, 0.3) is 0 Å². The Bertz CT molecular complexity index is 1610. The fourth-order valence-electron chi connectivity index (χ4n) is 4.27. The molecule has 0 spiro atoms. The van der Waals surface area contributed by atoms with E-state index in [-0.39, 0.29) is 34.6 Å². The number of carbonyl (C=O) groups excluding carboxylic acids is 2. The van der Waals surface area contributed by atoms with E-state index < -0.39 is 0 Å². The summed E-state index contributed by atoms with van der Waals surface area (Å²) in [6.07, 6.45) is 0. The monoisotopic (exact) mass is 794 g/mol. The molecule has 0 heterocycles. The Labute approximate surface area is 262 Å². The molecule has 0 saturated carbocycles. The fraction of sp³-hybridized carbons (Fsp3) is 0. The van der Waals surface area contributed by atoms with E-state index in [1.807, 2.05) is 0 Å². The average Bonchev–Trinajstić information content (AvgIpc) is 3.32. The molecule has 4 aromatic rings. The molecule has 13 heteroatoms. The minimum atomic E-state index is -0.251. The second-order valence-electron chi connectivity index (χ2n) is 8.12. The molecule has 7 nitrogen and oxygen atoms in total. The van der Waals surface area contributed by atoms with Crippen molar-refractivity contribution < 1.29 is 30.0 Å². The zero-order valence-electron chi connectivity index (χ0n) is 19.2. The Kier molecular flexibility index (Phi) is 8.77. The summed E-state index contributed by atoms with van der Waals surface area (Å²) in [5.74, 6) is -0.307. The number of phenols is 4. The van der Waals surface area contributed by atoms with Crippen LogP contribution in [0, 0.1) is 0 Å². The first-order valence-electron chi connectivity index (χ1n) is 10.6. The molecular weight excluding hydrogens is 785 g/mol. The number of carbonyl (C=O) groups is 2. The third-order valence-electron chi connectivity index (χ3n) is 5.92. The summed E-state index contributed by atoms with van der Waals surface area (Å²) in [6.45, 7) is 0. The fourth-order valence-corrected chi connectivity index (χ4v) is 6.87. The van der Waals surface area contributed by atoms with Gasteiger partial charge in [-0.1, -0.05) is 0 Å². The van der Waals surface area contributed by atoms with E-state index in [1.54, 1.807) is 36.4 Å². The van der Waals surface area contributed by atoms with Crippen molar-refractivity contribution in [3.8, 4) is 45.3 Å². The molecule has 2 aliphatic rings. The molecule has 4 N–H and O–H groups in total. The average molecular weight is 798 g/mol. The molecule has 0 aromatic heterocycles. The van der Waals surface area contributed by atoms with E-state index in [9.17, 15) is 30.0 Å². The SMILES string of the molecule is O=C1c2c(cc(Br)c(O)c2Br)-c2cc(Br)c(O)c(Br)c21.O=C1c2cc(O)ccc2-c2ccc(O)cc21.[B]=NS. The van der Waals surface area contributed by atoms with Crippen LogP contribution in [0.5, 0.6) is 23.0 Å². The molecule has 4 aromatic carbocycles. The molecule has 2 aliphatic carbocycles. The predicted octanol–water partition coefficient (Wildman–Crippen LogP) is 7.85. The maximum atomic E-state index is 12.5. The van der Waals surface area contributed by atoms with Gasteiger partial charge in [-0.15, -0.1) is 0 Å². The van der Waals surface area contributed by atoms with Crippen molar-refractivity contribution in [2.45, 2.75) is 0 Å². The van der Waals surface area contributed by atoms with Crippen LogP contribution in [0.15, 0.2) is 70.7 Å². The summed E-state index contributed by atoms with van der Waals surface area (Å²) in [5, 5.41) is 38.6. The van der Waals surface area contributed by atoms with Crippen LogP contribution < -0.4 is 0 Å². The number of ketones is 2. The Morgan fingerprint density at radius 2 is 0.949 bits per heavy atom. The molecule has 0 saturated heterocycles. The second kappa shape index (κ2) is 11.6. The number of phenolic OH excluding ortho intramolecular Hbond substituents is 4. The van der Waals surface area contributed by atoms with Gasteiger partial charge in [-0.05, 0) is 135 Å². The van der Waals surface area contributed by atoms with Crippen LogP contribution in [-0.4, -0.2) is 39.6 Å². The summed E-state index contributed by atoms with van der Waals surface area (Å²) < 4.78 is 4.35. The molecular formula is C26H13BBr4NO6S. The van der Waals surface area contributed by atoms with E-state index in [4.69, 9.17) is 0 Å². The van der Waals surface area contributed by atoms with Gasteiger partial charge < -0.3 is 20.4 Å². The molecule has 0 bridgehead atoms. The molecule has 0 unspecified atom stereocenters. The van der Waals surface area contributed by atoms with Gasteiger partial charge in [0.1, 0.15) is 23.0 Å². The van der Waals surface area contributed by atoms with Crippen LogP contribution in [0.2, 0.25) is 0 Å². The molecule has 0 fully saturated rings. The Morgan fingerprint density at radius 3 is 1.31 bits per heavy atom. The van der Waals surface area contributed by atoms with Gasteiger partial charge in [-0.2, -0.15) is 0 Å². The van der Waals surface area contributed by atoms with Crippen molar-refractivity contribution in [3.05, 3.63) is 88.7 Å². The molecule has 0 aliphatic heterocycles. The van der Waals surface area contributed by atoms with E-state index in [2.05, 4.69) is 88.5 Å².